The molecule has 12 aromatic rings. The summed E-state index contributed by atoms with van der Waals surface area (Å²) >= 11 is 0. The van der Waals surface area contributed by atoms with Crippen molar-refractivity contribution in [3.63, 3.8) is 0 Å². The summed E-state index contributed by atoms with van der Waals surface area (Å²) in [6.07, 6.45) is 0. The average molecular weight is 761 g/mol. The molecule has 2 aromatic heterocycles. The number of anilines is 3. The molecule has 3 heteroatoms. The Balaban J connectivity index is 1.19. The van der Waals surface area contributed by atoms with Crippen molar-refractivity contribution in [2.45, 2.75) is 0 Å². The zero-order chi connectivity index (χ0) is 45.8. The quantitative estimate of drug-likeness (QED) is 0.168. The third kappa shape index (κ3) is 5.29. The minimum absolute atomic E-state index is 0.0403. The second kappa shape index (κ2) is 13.4. The Morgan fingerprint density at radius 1 is 0.407 bits per heavy atom. The van der Waals surface area contributed by atoms with E-state index < -0.39 is 24.2 Å². The Hall–Kier alpha value is -7.88. The Morgan fingerprint density at radius 3 is 1.69 bits per heavy atom. The number of benzene rings is 10. The lowest BCUT2D eigenvalue weighted by atomic mass is 9.93. The van der Waals surface area contributed by atoms with E-state index in [4.69, 9.17) is 4.42 Å². The number of rotatable bonds is 6. The molecule has 0 aliphatic rings. The van der Waals surface area contributed by atoms with Gasteiger partial charge >= 0.3 is 0 Å². The predicted molar refractivity (Wildman–Crippen MR) is 249 cm³/mol. The van der Waals surface area contributed by atoms with Crippen LogP contribution in [0.25, 0.3) is 93.2 Å². The Morgan fingerprint density at radius 2 is 0.949 bits per heavy atom. The molecule has 0 aliphatic carbocycles. The number of fused-ring (bicyclic) bond motifs is 9. The summed E-state index contributed by atoms with van der Waals surface area (Å²) in [4.78, 5) is 1.41. The minimum Gasteiger partial charge on any atom is -0.455 e. The number of aromatic nitrogens is 1. The van der Waals surface area contributed by atoms with Crippen LogP contribution in [0, 0.1) is 0 Å². The van der Waals surface area contributed by atoms with Crippen LogP contribution in [0.4, 0.5) is 17.1 Å². The van der Waals surface area contributed by atoms with Gasteiger partial charge in [0.1, 0.15) is 11.2 Å². The molecule has 0 bridgehead atoms. The zero-order valence-corrected chi connectivity index (χ0v) is 31.5. The summed E-state index contributed by atoms with van der Waals surface area (Å²) in [5.41, 5.74) is 4.71. The van der Waals surface area contributed by atoms with E-state index in [2.05, 4.69) is 0 Å². The molecular formula is C56H36N2O. The van der Waals surface area contributed by atoms with Gasteiger partial charge in [-0.3, -0.25) is 0 Å². The SMILES string of the molecule is [2H]c1c([2H])c(N(c2ccccc2-c2cc3c4ccccc4oc3c3ccccc23)c2c([2H])c([2H])c(-n3c4ccccc4c4ccccc43)c([2H])c2[2H])c([2H])c([2H])c1-c1cccc2ccccc12. The molecule has 0 saturated carbocycles. The van der Waals surface area contributed by atoms with Crippen LogP contribution in [0.2, 0.25) is 0 Å². The first-order valence-corrected chi connectivity index (χ1v) is 19.5. The van der Waals surface area contributed by atoms with Crippen LogP contribution in [-0.4, -0.2) is 4.57 Å². The summed E-state index contributed by atoms with van der Waals surface area (Å²) in [5, 5.41) is 6.84. The number of hydrogen-bond donors (Lipinski definition) is 0. The molecule has 2 heterocycles. The normalized spacial score (nSPS) is 13.6. The molecule has 0 atom stereocenters. The van der Waals surface area contributed by atoms with E-state index in [0.717, 1.165) is 54.2 Å². The molecule has 59 heavy (non-hydrogen) atoms. The first-order chi connectivity index (χ1) is 32.6. The van der Waals surface area contributed by atoms with Gasteiger partial charge in [-0.25, -0.2) is 0 Å². The van der Waals surface area contributed by atoms with Gasteiger partial charge in [-0.1, -0.05) is 152 Å². The molecule has 0 amide bonds. The Kier molecular flexibility index (Phi) is 5.92. The molecule has 0 unspecified atom stereocenters. The van der Waals surface area contributed by atoms with Crippen molar-refractivity contribution >= 4 is 82.4 Å². The van der Waals surface area contributed by atoms with Crippen molar-refractivity contribution in [1.29, 1.82) is 0 Å². The maximum atomic E-state index is 9.95. The van der Waals surface area contributed by atoms with Crippen molar-refractivity contribution in [1.82, 2.24) is 4.57 Å². The van der Waals surface area contributed by atoms with E-state index in [1.807, 2.05) is 152 Å². The molecule has 0 spiro atoms. The lowest BCUT2D eigenvalue weighted by Gasteiger charge is -2.28. The smallest absolute Gasteiger partial charge is 0.143 e. The lowest BCUT2D eigenvalue weighted by molar-refractivity contribution is 0.672. The number of nitrogens with zero attached hydrogens (tertiary/aromatic N) is 2. The summed E-state index contributed by atoms with van der Waals surface area (Å²) in [5.74, 6) is 0. The summed E-state index contributed by atoms with van der Waals surface area (Å²) < 4.78 is 86.7. The average Bonchev–Trinajstić information content (AvgIpc) is 3.91. The van der Waals surface area contributed by atoms with Crippen LogP contribution in [0.3, 0.4) is 0 Å². The highest BCUT2D eigenvalue weighted by molar-refractivity contribution is 6.20. The van der Waals surface area contributed by atoms with Gasteiger partial charge in [0.15, 0.2) is 0 Å². The first-order valence-electron chi connectivity index (χ1n) is 23.5. The molecule has 0 saturated heterocycles. The Bertz CT molecular complexity index is 3950. The van der Waals surface area contributed by atoms with Gasteiger partial charge in [0.05, 0.1) is 27.7 Å². The molecule has 276 valence electrons. The topological polar surface area (TPSA) is 21.3 Å². The van der Waals surface area contributed by atoms with Gasteiger partial charge in [0.2, 0.25) is 0 Å². The van der Waals surface area contributed by atoms with E-state index in [9.17, 15) is 11.0 Å². The molecule has 10 aromatic carbocycles. The highest BCUT2D eigenvalue weighted by Gasteiger charge is 2.22. The lowest BCUT2D eigenvalue weighted by Crippen LogP contribution is -2.11. The van der Waals surface area contributed by atoms with E-state index >= 15 is 0 Å². The van der Waals surface area contributed by atoms with Crippen molar-refractivity contribution in [2.24, 2.45) is 0 Å². The molecule has 0 aliphatic heterocycles. The molecule has 0 fully saturated rings. The molecular weight excluding hydrogens is 717 g/mol. The fourth-order valence-electron chi connectivity index (χ4n) is 8.70. The van der Waals surface area contributed by atoms with Crippen LogP contribution in [-0.2, 0) is 0 Å². The second-order valence-electron chi connectivity index (χ2n) is 14.6. The van der Waals surface area contributed by atoms with Gasteiger partial charge in [0.25, 0.3) is 0 Å². The van der Waals surface area contributed by atoms with Crippen LogP contribution < -0.4 is 4.90 Å². The highest BCUT2D eigenvalue weighted by Crippen LogP contribution is 2.46. The Labute approximate surface area is 352 Å². The minimum atomic E-state index is -0.427. The second-order valence-corrected chi connectivity index (χ2v) is 14.6. The van der Waals surface area contributed by atoms with Gasteiger partial charge in [-0.05, 0) is 99.4 Å². The standard InChI is InChI=1S/C56H36N2O/c1-2-16-42-37(14-1)15-13-23-43(42)38-28-30-39(31-29-38)57(40-32-34-41(35-33-40)58-53-25-10-5-18-45(53)46-19-6-11-26-54(46)58)52-24-9-7-20-47(52)50-36-51-48-21-8-12-27-55(48)59-56(51)49-22-4-3-17-44(49)50/h1-36H/i28D,29D,30D,31D,32D,33D,34D,35D. The monoisotopic (exact) mass is 760 g/mol. The maximum absolute atomic E-state index is 9.95. The van der Waals surface area contributed by atoms with Crippen molar-refractivity contribution in [2.75, 3.05) is 4.90 Å². The molecule has 0 N–H and O–H groups in total. The van der Waals surface area contributed by atoms with Crippen molar-refractivity contribution < 1.29 is 15.4 Å². The summed E-state index contributed by atoms with van der Waals surface area (Å²) in [7, 11) is 0. The van der Waals surface area contributed by atoms with Crippen LogP contribution >= 0.6 is 0 Å². The molecule has 3 nitrogen and oxygen atoms in total. The first kappa shape index (κ1) is 26.1. The number of furan rings is 1. The maximum Gasteiger partial charge on any atom is 0.143 e. The van der Waals surface area contributed by atoms with Gasteiger partial charge in [-0.15, -0.1) is 0 Å². The number of para-hydroxylation sites is 4. The summed E-state index contributed by atoms with van der Waals surface area (Å²) in [6.45, 7) is 0. The van der Waals surface area contributed by atoms with Crippen molar-refractivity contribution in [3.05, 3.63) is 218 Å². The third-order valence-electron chi connectivity index (χ3n) is 11.3. The highest BCUT2D eigenvalue weighted by atomic mass is 16.3. The van der Waals surface area contributed by atoms with Crippen LogP contribution in [0.15, 0.2) is 223 Å². The number of hydrogen-bond acceptors (Lipinski definition) is 2. The van der Waals surface area contributed by atoms with Gasteiger partial charge < -0.3 is 13.9 Å². The van der Waals surface area contributed by atoms with Gasteiger partial charge in [0, 0.05) is 49.6 Å². The van der Waals surface area contributed by atoms with E-state index in [-0.39, 0.29) is 46.8 Å². The summed E-state index contributed by atoms with van der Waals surface area (Å²) in [6, 6.07) is 50.5. The van der Waals surface area contributed by atoms with E-state index in [1.165, 1.54) is 4.90 Å². The van der Waals surface area contributed by atoms with Crippen molar-refractivity contribution in [3.8, 4) is 27.9 Å². The zero-order valence-electron chi connectivity index (χ0n) is 39.5. The van der Waals surface area contributed by atoms with E-state index in [0.29, 0.717) is 33.4 Å². The fourth-order valence-corrected chi connectivity index (χ4v) is 8.70. The predicted octanol–water partition coefficient (Wildman–Crippen LogP) is 15.8. The van der Waals surface area contributed by atoms with E-state index in [1.54, 1.807) is 22.8 Å². The molecule has 0 radical (unpaired) electrons. The molecule has 12 rings (SSSR count). The van der Waals surface area contributed by atoms with Crippen LogP contribution in [0.1, 0.15) is 11.0 Å². The largest absolute Gasteiger partial charge is 0.455 e. The fraction of sp³-hybridized carbons (Fsp3) is 0. The van der Waals surface area contributed by atoms with Crippen LogP contribution in [0.5, 0.6) is 0 Å². The third-order valence-corrected chi connectivity index (χ3v) is 11.3. The van der Waals surface area contributed by atoms with Gasteiger partial charge in [-0.2, -0.15) is 0 Å².